The summed E-state index contributed by atoms with van der Waals surface area (Å²) >= 11 is -0.792. The van der Waals surface area contributed by atoms with Gasteiger partial charge in [0, 0.05) is 19.8 Å². The van der Waals surface area contributed by atoms with Gasteiger partial charge >= 0.3 is 14.1 Å². The molecule has 20 heavy (non-hydrogen) atoms. The topological polar surface area (TPSA) is 3.24 Å². The molecule has 0 N–H and O–H groups in total. The van der Waals surface area contributed by atoms with Crippen LogP contribution < -0.4 is 9.33 Å². The van der Waals surface area contributed by atoms with Crippen LogP contribution in [0, 0.1) is 0 Å². The monoisotopic (exact) mass is 289 g/mol. The Bertz CT molecular complexity index is 352. The molecule has 0 unspecified atom stereocenters. The molecule has 0 aliphatic heterocycles. The first kappa shape index (κ1) is 17.6. The number of anilines is 1. The highest BCUT2D eigenvalue weighted by Crippen LogP contribution is 2.17. The zero-order chi connectivity index (χ0) is 14.8. The number of rotatable bonds is 10. The van der Waals surface area contributed by atoms with Crippen molar-refractivity contribution in [3.63, 3.8) is 0 Å². The van der Waals surface area contributed by atoms with Crippen LogP contribution in [-0.4, -0.2) is 28.2 Å². The van der Waals surface area contributed by atoms with Crippen molar-refractivity contribution in [1.82, 2.24) is 0 Å². The van der Waals surface area contributed by atoms with Gasteiger partial charge in [0.15, 0.2) is 0 Å². The number of hydrogen-bond acceptors (Lipinski definition) is 1. The van der Waals surface area contributed by atoms with Gasteiger partial charge in [-0.25, -0.2) is 0 Å². The second-order valence-electron chi connectivity index (χ2n) is 6.14. The molecule has 1 aromatic rings. The second-order valence-corrected chi connectivity index (χ2v) is 9.31. The summed E-state index contributed by atoms with van der Waals surface area (Å²) in [6, 6.07) is 9.13. The molecular weight excluding hydrogens is 257 g/mol. The largest absolute Gasteiger partial charge is 0.379 e. The number of nitrogens with zero attached hydrogens (tertiary/aromatic N) is 1. The van der Waals surface area contributed by atoms with E-state index in [4.69, 9.17) is 0 Å². The fraction of sp³-hybridized carbons (Fsp3) is 0.667. The van der Waals surface area contributed by atoms with Crippen LogP contribution in [0.25, 0.3) is 0 Å². The van der Waals surface area contributed by atoms with E-state index in [0.29, 0.717) is 0 Å². The van der Waals surface area contributed by atoms with Crippen molar-refractivity contribution < 1.29 is 0 Å². The molecular formula is C18H32AlN. The minimum atomic E-state index is -0.792. The summed E-state index contributed by atoms with van der Waals surface area (Å²) in [5.41, 5.74) is 1.47. The van der Waals surface area contributed by atoms with E-state index < -0.39 is 14.1 Å². The van der Waals surface area contributed by atoms with Gasteiger partial charge in [-0.15, -0.1) is 0 Å². The predicted molar refractivity (Wildman–Crippen MR) is 94.8 cm³/mol. The Morgan fingerprint density at radius 3 is 1.90 bits per heavy atom. The third-order valence-corrected chi connectivity index (χ3v) is 7.75. The molecule has 0 radical (unpaired) electrons. The van der Waals surface area contributed by atoms with Gasteiger partial charge < -0.3 is 4.90 Å². The van der Waals surface area contributed by atoms with Gasteiger partial charge in [-0.2, -0.15) is 0 Å². The fourth-order valence-corrected chi connectivity index (χ4v) is 6.61. The van der Waals surface area contributed by atoms with Gasteiger partial charge in [0.2, 0.25) is 0 Å². The lowest BCUT2D eigenvalue weighted by atomic mass is 10.3. The van der Waals surface area contributed by atoms with Crippen molar-refractivity contribution in [2.45, 2.75) is 62.9 Å². The van der Waals surface area contributed by atoms with Crippen molar-refractivity contribution >= 4 is 24.3 Å². The minimum Gasteiger partial charge on any atom is -0.379 e. The van der Waals surface area contributed by atoms with E-state index in [1.165, 1.54) is 54.8 Å². The maximum Gasteiger partial charge on any atom is 0.309 e. The van der Waals surface area contributed by atoms with Crippen molar-refractivity contribution in [2.75, 3.05) is 19.0 Å². The molecule has 0 aliphatic rings. The van der Waals surface area contributed by atoms with E-state index in [-0.39, 0.29) is 0 Å². The Labute approximate surface area is 130 Å². The summed E-state index contributed by atoms with van der Waals surface area (Å²) in [7, 11) is 4.37. The summed E-state index contributed by atoms with van der Waals surface area (Å²) < 4.78 is 1.70. The van der Waals surface area contributed by atoms with Crippen LogP contribution in [0.5, 0.6) is 0 Å². The van der Waals surface area contributed by atoms with Crippen LogP contribution in [0.3, 0.4) is 0 Å². The molecule has 0 amide bonds. The predicted octanol–water partition coefficient (Wildman–Crippen LogP) is 4.83. The third kappa shape index (κ3) is 5.90. The summed E-state index contributed by atoms with van der Waals surface area (Å²) in [4.78, 5) is 2.30. The fourth-order valence-electron chi connectivity index (χ4n) is 2.98. The Hall–Kier alpha value is -0.448. The standard InChI is InChI=1S/C8H10N.2C5H11.Al/c1-9(2)8-6-4-3-5-7-8;2*1-3-5-4-2;/h3-6H,1-2H3;2*1,3-5H2,2H3;. The molecule has 0 saturated heterocycles. The minimum absolute atomic E-state index is 0.792. The zero-order valence-corrected chi connectivity index (χ0v) is 15.1. The Balaban J connectivity index is 2.79. The van der Waals surface area contributed by atoms with Crippen LogP contribution >= 0.6 is 0 Å². The lowest BCUT2D eigenvalue weighted by molar-refractivity contribution is 0.748. The molecule has 1 aromatic carbocycles. The summed E-state index contributed by atoms with van der Waals surface area (Å²) in [5, 5.41) is 2.98. The Morgan fingerprint density at radius 2 is 1.40 bits per heavy atom. The Morgan fingerprint density at radius 1 is 0.850 bits per heavy atom. The van der Waals surface area contributed by atoms with Crippen LogP contribution in [0.2, 0.25) is 10.6 Å². The lowest BCUT2D eigenvalue weighted by Crippen LogP contribution is -2.34. The average Bonchev–Trinajstić information content (AvgIpc) is 2.46. The van der Waals surface area contributed by atoms with Crippen LogP contribution in [-0.2, 0) is 0 Å². The van der Waals surface area contributed by atoms with Crippen LogP contribution in [0.15, 0.2) is 24.3 Å². The molecule has 0 spiro atoms. The van der Waals surface area contributed by atoms with E-state index in [9.17, 15) is 0 Å². The third-order valence-electron chi connectivity index (χ3n) is 4.17. The quantitative estimate of drug-likeness (QED) is 0.440. The van der Waals surface area contributed by atoms with E-state index >= 15 is 0 Å². The summed E-state index contributed by atoms with van der Waals surface area (Å²) in [6.07, 6.45) is 8.35. The van der Waals surface area contributed by atoms with Crippen molar-refractivity contribution in [2.24, 2.45) is 0 Å². The van der Waals surface area contributed by atoms with E-state index in [2.05, 4.69) is 57.1 Å². The first-order valence-corrected chi connectivity index (χ1v) is 10.7. The molecule has 1 nitrogen and oxygen atoms in total. The van der Waals surface area contributed by atoms with Gasteiger partial charge in [-0.1, -0.05) is 85.6 Å². The molecule has 0 atom stereocenters. The highest BCUT2D eigenvalue weighted by molar-refractivity contribution is 6.74. The van der Waals surface area contributed by atoms with Gasteiger partial charge in [-0.3, -0.25) is 0 Å². The average molecular weight is 289 g/mol. The van der Waals surface area contributed by atoms with Gasteiger partial charge in [0.1, 0.15) is 0 Å². The molecule has 0 bridgehead atoms. The van der Waals surface area contributed by atoms with Crippen molar-refractivity contribution in [3.05, 3.63) is 24.3 Å². The molecule has 2 heteroatoms. The van der Waals surface area contributed by atoms with Gasteiger partial charge in [-0.05, 0) is 6.07 Å². The molecule has 112 valence electrons. The van der Waals surface area contributed by atoms with Crippen molar-refractivity contribution in [1.29, 1.82) is 0 Å². The maximum atomic E-state index is 2.41. The first-order chi connectivity index (χ1) is 9.70. The molecule has 0 saturated carbocycles. The normalized spacial score (nSPS) is 10.6. The number of benzene rings is 1. The van der Waals surface area contributed by atoms with Crippen molar-refractivity contribution in [3.8, 4) is 0 Å². The maximum absolute atomic E-state index is 2.41. The number of hydrogen-bond donors (Lipinski definition) is 0. The molecule has 0 aliphatic carbocycles. The number of para-hydroxylation sites is 1. The lowest BCUT2D eigenvalue weighted by Gasteiger charge is -2.21. The summed E-state index contributed by atoms with van der Waals surface area (Å²) in [5.74, 6) is 0. The highest BCUT2D eigenvalue weighted by Gasteiger charge is 2.22. The van der Waals surface area contributed by atoms with Crippen LogP contribution in [0.4, 0.5) is 5.69 Å². The second kappa shape index (κ2) is 10.3. The van der Waals surface area contributed by atoms with E-state index in [0.717, 1.165) is 0 Å². The van der Waals surface area contributed by atoms with Gasteiger partial charge in [0.25, 0.3) is 0 Å². The Kier molecular flexibility index (Phi) is 9.07. The summed E-state index contributed by atoms with van der Waals surface area (Å²) in [6.45, 7) is 4.61. The van der Waals surface area contributed by atoms with E-state index in [1.54, 1.807) is 4.43 Å². The zero-order valence-electron chi connectivity index (χ0n) is 14.0. The molecule has 0 fully saturated rings. The SMILES string of the molecule is CCCC[CH2][Al]([CH2]CCCC)[c]1ccccc1N(C)C. The first-order valence-electron chi connectivity index (χ1n) is 8.46. The number of unbranched alkanes of at least 4 members (excludes halogenated alkanes) is 4. The van der Waals surface area contributed by atoms with Gasteiger partial charge in [0.05, 0.1) is 0 Å². The molecule has 1 rings (SSSR count). The van der Waals surface area contributed by atoms with E-state index in [1.807, 2.05) is 0 Å². The van der Waals surface area contributed by atoms with Crippen LogP contribution in [0.1, 0.15) is 52.4 Å². The molecule has 0 heterocycles. The smallest absolute Gasteiger partial charge is 0.309 e. The molecule has 0 aromatic heterocycles. The highest BCUT2D eigenvalue weighted by atomic mass is 27.2.